The Hall–Kier alpha value is -1.26. The smallest absolute Gasteiger partial charge is 0.166 e. The maximum absolute atomic E-state index is 9.68. The molecule has 1 heterocycles. The van der Waals surface area contributed by atoms with E-state index in [9.17, 15) is 5.11 Å². The molecule has 1 aliphatic rings. The summed E-state index contributed by atoms with van der Waals surface area (Å²) in [6.07, 6.45) is 0.875. The minimum absolute atomic E-state index is 0.121. The number of benzene rings is 1. The van der Waals surface area contributed by atoms with Gasteiger partial charge in [0.05, 0.1) is 26.4 Å². The van der Waals surface area contributed by atoms with Gasteiger partial charge in [-0.05, 0) is 12.5 Å². The fourth-order valence-corrected chi connectivity index (χ4v) is 2.16. The fourth-order valence-electron chi connectivity index (χ4n) is 2.16. The zero-order valence-electron chi connectivity index (χ0n) is 10.2. The van der Waals surface area contributed by atoms with Gasteiger partial charge >= 0.3 is 0 Å². The number of rotatable bonds is 3. The molecule has 1 aromatic rings. The predicted octanol–water partition coefficient (Wildman–Crippen LogP) is 1.92. The quantitative estimate of drug-likeness (QED) is 0.874. The van der Waals surface area contributed by atoms with E-state index in [2.05, 4.69) is 0 Å². The van der Waals surface area contributed by atoms with Crippen molar-refractivity contribution in [2.24, 2.45) is 0 Å². The summed E-state index contributed by atoms with van der Waals surface area (Å²) in [6, 6.07) is 5.70. The summed E-state index contributed by atoms with van der Waals surface area (Å²) in [5.74, 6) is 1.38. The molecule has 2 atom stereocenters. The monoisotopic (exact) mass is 238 g/mol. The summed E-state index contributed by atoms with van der Waals surface area (Å²) in [4.78, 5) is 0. The Kier molecular flexibility index (Phi) is 3.86. The molecule has 0 saturated carbocycles. The number of hydrogen-bond acceptors (Lipinski definition) is 4. The van der Waals surface area contributed by atoms with Gasteiger partial charge in [0, 0.05) is 18.6 Å². The molecule has 17 heavy (non-hydrogen) atoms. The Morgan fingerprint density at radius 3 is 2.76 bits per heavy atom. The Morgan fingerprint density at radius 1 is 1.29 bits per heavy atom. The van der Waals surface area contributed by atoms with Crippen molar-refractivity contribution in [2.45, 2.75) is 25.0 Å². The molecule has 2 rings (SSSR count). The largest absolute Gasteiger partial charge is 0.493 e. The van der Waals surface area contributed by atoms with Crippen molar-refractivity contribution >= 4 is 0 Å². The molecule has 0 aromatic heterocycles. The summed E-state index contributed by atoms with van der Waals surface area (Å²) in [7, 11) is 3.22. The average Bonchev–Trinajstić information content (AvgIpc) is 2.37. The molecule has 2 unspecified atom stereocenters. The van der Waals surface area contributed by atoms with Crippen LogP contribution in [0.5, 0.6) is 11.5 Å². The summed E-state index contributed by atoms with van der Waals surface area (Å²) in [5, 5.41) is 9.68. The second kappa shape index (κ2) is 5.38. The third-order valence-electron chi connectivity index (χ3n) is 3.04. The molecule has 1 aromatic carbocycles. The average molecular weight is 238 g/mol. The van der Waals surface area contributed by atoms with Crippen LogP contribution in [-0.2, 0) is 4.74 Å². The van der Waals surface area contributed by atoms with Crippen molar-refractivity contribution in [3.8, 4) is 11.5 Å². The lowest BCUT2D eigenvalue weighted by molar-refractivity contribution is -0.0456. The lowest BCUT2D eigenvalue weighted by Crippen LogP contribution is -2.23. The van der Waals surface area contributed by atoms with E-state index in [1.807, 2.05) is 18.2 Å². The van der Waals surface area contributed by atoms with Crippen LogP contribution in [0.4, 0.5) is 0 Å². The molecule has 0 amide bonds. The first-order valence-corrected chi connectivity index (χ1v) is 5.76. The highest BCUT2D eigenvalue weighted by atomic mass is 16.5. The van der Waals surface area contributed by atoms with Crippen molar-refractivity contribution in [1.82, 2.24) is 0 Å². The van der Waals surface area contributed by atoms with Gasteiger partial charge in [0.1, 0.15) is 0 Å². The Labute approximate surface area is 101 Å². The maximum atomic E-state index is 9.68. The third kappa shape index (κ3) is 2.53. The van der Waals surface area contributed by atoms with Crippen LogP contribution in [0.1, 0.15) is 24.5 Å². The topological polar surface area (TPSA) is 47.9 Å². The first-order chi connectivity index (χ1) is 8.26. The number of ether oxygens (including phenoxy) is 3. The number of aliphatic hydroxyl groups is 1. The number of para-hydroxylation sites is 1. The van der Waals surface area contributed by atoms with E-state index in [1.54, 1.807) is 14.2 Å². The maximum Gasteiger partial charge on any atom is 0.166 e. The normalized spacial score (nSPS) is 24.4. The molecule has 1 saturated heterocycles. The van der Waals surface area contributed by atoms with Crippen LogP contribution in [-0.4, -0.2) is 32.0 Å². The third-order valence-corrected chi connectivity index (χ3v) is 3.04. The van der Waals surface area contributed by atoms with Gasteiger partial charge in [-0.15, -0.1) is 0 Å². The number of hydrogen-bond donors (Lipinski definition) is 1. The summed E-state index contributed by atoms with van der Waals surface area (Å²) < 4.78 is 16.3. The molecule has 0 radical (unpaired) electrons. The highest BCUT2D eigenvalue weighted by Crippen LogP contribution is 2.39. The molecular formula is C13H18O4. The zero-order valence-corrected chi connectivity index (χ0v) is 10.2. The van der Waals surface area contributed by atoms with E-state index >= 15 is 0 Å². The van der Waals surface area contributed by atoms with Crippen LogP contribution in [0.15, 0.2) is 18.2 Å². The van der Waals surface area contributed by atoms with E-state index in [4.69, 9.17) is 14.2 Å². The van der Waals surface area contributed by atoms with Gasteiger partial charge in [0.15, 0.2) is 11.5 Å². The highest BCUT2D eigenvalue weighted by molar-refractivity contribution is 5.47. The highest BCUT2D eigenvalue weighted by Gasteiger charge is 2.26. The number of aliphatic hydroxyl groups excluding tert-OH is 1. The summed E-state index contributed by atoms with van der Waals surface area (Å²) in [5.41, 5.74) is 0.936. The van der Waals surface area contributed by atoms with Crippen molar-refractivity contribution in [3.63, 3.8) is 0 Å². The van der Waals surface area contributed by atoms with E-state index < -0.39 is 0 Å². The van der Waals surface area contributed by atoms with Gasteiger partial charge in [-0.25, -0.2) is 0 Å². The van der Waals surface area contributed by atoms with Crippen molar-refractivity contribution in [1.29, 1.82) is 0 Å². The zero-order chi connectivity index (χ0) is 12.3. The summed E-state index contributed by atoms with van der Waals surface area (Å²) in [6.45, 7) is 0.576. The van der Waals surface area contributed by atoms with Crippen LogP contribution in [0.3, 0.4) is 0 Å². The van der Waals surface area contributed by atoms with Crippen molar-refractivity contribution in [3.05, 3.63) is 23.8 Å². The second-order valence-electron chi connectivity index (χ2n) is 4.12. The van der Waals surface area contributed by atoms with Crippen LogP contribution in [0, 0.1) is 0 Å². The molecule has 4 heteroatoms. The molecule has 0 aliphatic carbocycles. The fraction of sp³-hybridized carbons (Fsp3) is 0.538. The number of methoxy groups -OCH3 is 2. The van der Waals surface area contributed by atoms with Crippen LogP contribution in [0.2, 0.25) is 0 Å². The lowest BCUT2D eigenvalue weighted by atomic mass is 9.98. The van der Waals surface area contributed by atoms with E-state index in [0.717, 1.165) is 5.56 Å². The molecule has 1 aliphatic heterocycles. The first kappa shape index (κ1) is 12.2. The predicted molar refractivity (Wildman–Crippen MR) is 63.5 cm³/mol. The van der Waals surface area contributed by atoms with Crippen LogP contribution < -0.4 is 9.47 Å². The van der Waals surface area contributed by atoms with Gasteiger partial charge in [0.2, 0.25) is 0 Å². The van der Waals surface area contributed by atoms with Crippen LogP contribution in [0.25, 0.3) is 0 Å². The van der Waals surface area contributed by atoms with Gasteiger partial charge in [-0.1, -0.05) is 12.1 Å². The van der Waals surface area contributed by atoms with Gasteiger partial charge in [-0.3, -0.25) is 0 Å². The summed E-state index contributed by atoms with van der Waals surface area (Å²) >= 11 is 0. The van der Waals surface area contributed by atoms with E-state index in [0.29, 0.717) is 30.9 Å². The lowest BCUT2D eigenvalue weighted by Gasteiger charge is -2.28. The molecule has 0 spiro atoms. The standard InChI is InChI=1S/C13H18O4/c1-15-11-5-3-4-10(13(11)16-2)12-8-9(14)6-7-17-12/h3-5,9,12,14H,6-8H2,1-2H3. The molecule has 4 nitrogen and oxygen atoms in total. The molecule has 1 fully saturated rings. The Bertz CT molecular complexity index is 378. The first-order valence-electron chi connectivity index (χ1n) is 5.76. The Balaban J connectivity index is 2.30. The molecule has 0 bridgehead atoms. The van der Waals surface area contributed by atoms with Crippen molar-refractivity contribution in [2.75, 3.05) is 20.8 Å². The Morgan fingerprint density at radius 2 is 2.12 bits per heavy atom. The van der Waals surface area contributed by atoms with Gasteiger partial charge < -0.3 is 19.3 Å². The van der Waals surface area contributed by atoms with E-state index in [1.165, 1.54) is 0 Å². The second-order valence-corrected chi connectivity index (χ2v) is 4.12. The SMILES string of the molecule is COc1cccc(C2CC(O)CCO2)c1OC. The van der Waals surface area contributed by atoms with Crippen LogP contribution >= 0.6 is 0 Å². The van der Waals surface area contributed by atoms with Gasteiger partial charge in [-0.2, -0.15) is 0 Å². The van der Waals surface area contributed by atoms with Gasteiger partial charge in [0.25, 0.3) is 0 Å². The van der Waals surface area contributed by atoms with Crippen molar-refractivity contribution < 1.29 is 19.3 Å². The molecule has 94 valence electrons. The minimum Gasteiger partial charge on any atom is -0.493 e. The molecule has 1 N–H and O–H groups in total. The van der Waals surface area contributed by atoms with E-state index in [-0.39, 0.29) is 12.2 Å². The minimum atomic E-state index is -0.301. The molecular weight excluding hydrogens is 220 g/mol.